The first-order valence-electron chi connectivity index (χ1n) is 10.1. The number of nitrogens with zero attached hydrogens (tertiary/aromatic N) is 2. The largest absolute Gasteiger partial charge is 0.493 e. The van der Waals surface area contributed by atoms with Crippen LogP contribution in [-0.4, -0.2) is 41.9 Å². The molecular weight excluding hydrogens is 336 g/mol. The van der Waals surface area contributed by atoms with Gasteiger partial charge in [-0.25, -0.2) is 0 Å². The number of Topliss-reactive ketones (excluding diaryl/α,β-unsaturated/α-hetero) is 1. The molecule has 2 aliphatic rings. The summed E-state index contributed by atoms with van der Waals surface area (Å²) in [5, 5.41) is 0. The second-order valence-electron chi connectivity index (χ2n) is 7.86. The number of ketones is 1. The molecule has 4 heteroatoms. The van der Waals surface area contributed by atoms with E-state index in [4.69, 9.17) is 4.74 Å². The summed E-state index contributed by atoms with van der Waals surface area (Å²) >= 11 is 0. The normalized spacial score (nSPS) is 20.8. The Kier molecular flexibility index (Phi) is 5.53. The minimum Gasteiger partial charge on any atom is -0.493 e. The minimum atomic E-state index is -0.00263. The lowest BCUT2D eigenvalue weighted by Gasteiger charge is -2.33. The zero-order valence-electron chi connectivity index (χ0n) is 16.1. The summed E-state index contributed by atoms with van der Waals surface area (Å²) in [6.07, 6.45) is 9.05. The third kappa shape index (κ3) is 4.06. The predicted octanol–water partition coefficient (Wildman–Crippen LogP) is 4.59. The molecule has 0 amide bonds. The van der Waals surface area contributed by atoms with E-state index in [1.165, 1.54) is 32.1 Å². The number of fused-ring (bicyclic) bond motifs is 1. The molecule has 0 spiro atoms. The molecule has 1 aromatic heterocycles. The zero-order valence-corrected chi connectivity index (χ0v) is 16.1. The number of rotatable bonds is 4. The maximum atomic E-state index is 13.3. The quantitative estimate of drug-likeness (QED) is 0.795. The number of ether oxygens (including phenoxy) is 1. The van der Waals surface area contributed by atoms with Gasteiger partial charge in [-0.3, -0.25) is 9.78 Å². The Morgan fingerprint density at radius 3 is 2.74 bits per heavy atom. The predicted molar refractivity (Wildman–Crippen MR) is 107 cm³/mol. The average molecular weight is 364 g/mol. The van der Waals surface area contributed by atoms with Gasteiger partial charge in [-0.15, -0.1) is 0 Å². The highest BCUT2D eigenvalue weighted by Gasteiger charge is 2.30. The minimum absolute atomic E-state index is 0.00263. The van der Waals surface area contributed by atoms with Crippen molar-refractivity contribution in [2.24, 2.45) is 5.92 Å². The van der Waals surface area contributed by atoms with Crippen LogP contribution in [0.15, 0.2) is 42.6 Å². The fraction of sp³-hybridized carbons (Fsp3) is 0.478. The molecule has 0 saturated heterocycles. The van der Waals surface area contributed by atoms with E-state index in [0.717, 1.165) is 24.2 Å². The van der Waals surface area contributed by atoms with Gasteiger partial charge in [0, 0.05) is 30.3 Å². The maximum absolute atomic E-state index is 13.3. The first kappa shape index (κ1) is 18.2. The number of pyridine rings is 1. The molecule has 4 rings (SSSR count). The van der Waals surface area contributed by atoms with Gasteiger partial charge in [0.25, 0.3) is 0 Å². The fourth-order valence-corrected chi connectivity index (χ4v) is 4.40. The van der Waals surface area contributed by atoms with Crippen molar-refractivity contribution < 1.29 is 9.53 Å². The molecule has 1 fully saturated rings. The Hall–Kier alpha value is -2.20. The molecule has 142 valence electrons. The lowest BCUT2D eigenvalue weighted by atomic mass is 9.90. The molecule has 1 unspecified atom stereocenters. The van der Waals surface area contributed by atoms with Gasteiger partial charge < -0.3 is 9.64 Å². The van der Waals surface area contributed by atoms with Crippen molar-refractivity contribution in [2.75, 3.05) is 20.2 Å². The number of hydrogen-bond acceptors (Lipinski definition) is 4. The molecule has 4 nitrogen and oxygen atoms in total. The van der Waals surface area contributed by atoms with Crippen LogP contribution in [0, 0.1) is 5.92 Å². The first-order valence-corrected chi connectivity index (χ1v) is 10.1. The first-order chi connectivity index (χ1) is 13.2. The Balaban J connectivity index is 1.55. The summed E-state index contributed by atoms with van der Waals surface area (Å²) in [6, 6.07) is 12.3. The van der Waals surface area contributed by atoms with Gasteiger partial charge in [0.1, 0.15) is 5.75 Å². The molecule has 0 radical (unpaired) electrons. The van der Waals surface area contributed by atoms with Gasteiger partial charge in [0.2, 0.25) is 0 Å². The lowest BCUT2D eigenvalue weighted by molar-refractivity contribution is 0.0846. The SMILES string of the molecule is CN(CC1CCOc2ccc(-c3ccccn3)cc2C1=O)C1CCCCC1. The van der Waals surface area contributed by atoms with E-state index < -0.39 is 0 Å². The topological polar surface area (TPSA) is 42.4 Å². The summed E-state index contributed by atoms with van der Waals surface area (Å²) < 4.78 is 5.91. The Morgan fingerprint density at radius 1 is 1.11 bits per heavy atom. The molecule has 2 aromatic rings. The van der Waals surface area contributed by atoms with Crippen LogP contribution in [0.4, 0.5) is 0 Å². The van der Waals surface area contributed by atoms with Crippen molar-refractivity contribution in [1.29, 1.82) is 0 Å². The van der Waals surface area contributed by atoms with E-state index in [9.17, 15) is 4.79 Å². The Bertz CT molecular complexity index is 784. The van der Waals surface area contributed by atoms with Gasteiger partial charge in [-0.2, -0.15) is 0 Å². The summed E-state index contributed by atoms with van der Waals surface area (Å²) in [7, 11) is 2.18. The molecular formula is C23H28N2O2. The summed E-state index contributed by atoms with van der Waals surface area (Å²) in [4.78, 5) is 20.1. The number of hydrogen-bond donors (Lipinski definition) is 0. The monoisotopic (exact) mass is 364 g/mol. The van der Waals surface area contributed by atoms with Crippen LogP contribution in [0.3, 0.4) is 0 Å². The molecule has 1 atom stereocenters. The van der Waals surface area contributed by atoms with Crippen LogP contribution in [0.1, 0.15) is 48.9 Å². The molecule has 1 aliphatic heterocycles. The van der Waals surface area contributed by atoms with Crippen LogP contribution < -0.4 is 4.74 Å². The van der Waals surface area contributed by atoms with Gasteiger partial charge >= 0.3 is 0 Å². The van der Waals surface area contributed by atoms with Crippen molar-refractivity contribution in [2.45, 2.75) is 44.6 Å². The summed E-state index contributed by atoms with van der Waals surface area (Å²) in [6.45, 7) is 1.42. The average Bonchev–Trinajstić information content (AvgIpc) is 2.88. The van der Waals surface area contributed by atoms with E-state index in [2.05, 4.69) is 16.9 Å². The van der Waals surface area contributed by atoms with Crippen LogP contribution in [0.25, 0.3) is 11.3 Å². The van der Waals surface area contributed by atoms with E-state index in [-0.39, 0.29) is 11.7 Å². The molecule has 1 aromatic carbocycles. The van der Waals surface area contributed by atoms with Crippen LogP contribution >= 0.6 is 0 Å². The number of benzene rings is 1. The van der Waals surface area contributed by atoms with Gasteiger partial charge in [0.05, 0.1) is 17.9 Å². The van der Waals surface area contributed by atoms with Crippen molar-refractivity contribution in [3.05, 3.63) is 48.2 Å². The number of carbonyl (C=O) groups excluding carboxylic acids is 1. The summed E-state index contributed by atoms with van der Waals surface area (Å²) in [5.74, 6) is 0.919. The van der Waals surface area contributed by atoms with E-state index in [1.807, 2.05) is 36.4 Å². The Labute approximate surface area is 161 Å². The fourth-order valence-electron chi connectivity index (χ4n) is 4.40. The Morgan fingerprint density at radius 2 is 1.96 bits per heavy atom. The van der Waals surface area contributed by atoms with Crippen LogP contribution in [-0.2, 0) is 0 Å². The second kappa shape index (κ2) is 8.22. The van der Waals surface area contributed by atoms with Crippen molar-refractivity contribution in [3.8, 4) is 17.0 Å². The highest BCUT2D eigenvalue weighted by atomic mass is 16.5. The lowest BCUT2D eigenvalue weighted by Crippen LogP contribution is -2.39. The van der Waals surface area contributed by atoms with Crippen molar-refractivity contribution >= 4 is 5.78 Å². The van der Waals surface area contributed by atoms with E-state index in [1.54, 1.807) is 6.20 Å². The van der Waals surface area contributed by atoms with Crippen LogP contribution in [0.5, 0.6) is 5.75 Å². The third-order valence-corrected chi connectivity index (χ3v) is 6.01. The number of carbonyl (C=O) groups is 1. The van der Waals surface area contributed by atoms with E-state index >= 15 is 0 Å². The van der Waals surface area contributed by atoms with Gasteiger partial charge in [0.15, 0.2) is 5.78 Å². The standard InChI is InChI=1S/C23H28N2O2/c1-25(19-7-3-2-4-8-19)16-18-12-14-27-22-11-10-17(15-20(22)23(18)26)21-9-5-6-13-24-21/h5-6,9-11,13,15,18-19H,2-4,7-8,12,14,16H2,1H3. The smallest absolute Gasteiger partial charge is 0.171 e. The van der Waals surface area contributed by atoms with Crippen molar-refractivity contribution in [3.63, 3.8) is 0 Å². The molecule has 0 bridgehead atoms. The summed E-state index contributed by atoms with van der Waals surface area (Å²) in [5.41, 5.74) is 2.55. The molecule has 27 heavy (non-hydrogen) atoms. The van der Waals surface area contributed by atoms with Gasteiger partial charge in [-0.1, -0.05) is 25.3 Å². The third-order valence-electron chi connectivity index (χ3n) is 6.01. The van der Waals surface area contributed by atoms with E-state index in [0.29, 0.717) is 24.0 Å². The van der Waals surface area contributed by atoms with Crippen molar-refractivity contribution in [1.82, 2.24) is 9.88 Å². The van der Waals surface area contributed by atoms with Crippen LogP contribution in [0.2, 0.25) is 0 Å². The number of aromatic nitrogens is 1. The van der Waals surface area contributed by atoms with Gasteiger partial charge in [-0.05, 0) is 56.6 Å². The molecule has 1 saturated carbocycles. The maximum Gasteiger partial charge on any atom is 0.171 e. The molecule has 0 N–H and O–H groups in total. The highest BCUT2D eigenvalue weighted by Crippen LogP contribution is 2.32. The highest BCUT2D eigenvalue weighted by molar-refractivity contribution is 6.01. The molecule has 2 heterocycles. The second-order valence-corrected chi connectivity index (χ2v) is 7.86. The molecule has 1 aliphatic carbocycles. The zero-order chi connectivity index (χ0) is 18.6.